The van der Waals surface area contributed by atoms with Crippen molar-refractivity contribution in [3.05, 3.63) is 65.5 Å². The summed E-state index contributed by atoms with van der Waals surface area (Å²) in [5.41, 5.74) is 3.93. The number of nitrogens with zero attached hydrogens (tertiary/aromatic N) is 2. The molecule has 6 heteroatoms. The number of hydrogen-bond donors (Lipinski definition) is 0. The van der Waals surface area contributed by atoms with Crippen molar-refractivity contribution in [3.8, 4) is 0 Å². The Bertz CT molecular complexity index is 706. The number of halogens is 3. The van der Waals surface area contributed by atoms with Crippen molar-refractivity contribution in [2.75, 3.05) is 44.2 Å². The monoisotopic (exact) mass is 412 g/mol. The van der Waals surface area contributed by atoms with Gasteiger partial charge < -0.3 is 9.64 Å². The number of ether oxygens (including phenoxy) is 1. The summed E-state index contributed by atoms with van der Waals surface area (Å²) in [5.74, 6) is -0.171. The molecule has 2 aliphatic rings. The molecule has 2 heterocycles. The zero-order valence-electron chi connectivity index (χ0n) is 15.4. The average molecular weight is 413 g/mol. The standard InChI is InChI=1S/C21H25FN2O.2ClH/c22-18-5-7-19(8-6-18)24-14-12-23(13-15-24)11-9-21-20-4-2-1-3-17(20)10-16-25-21;;/h1-8,21H,9-16H2;2*1H/t21-;;/m0../s1. The molecule has 0 spiro atoms. The SMILES string of the molecule is Cl.Cl.Fc1ccc(N2CCN(CC[C@@H]3OCCc4ccccc43)CC2)cc1. The third kappa shape index (κ3) is 5.35. The van der Waals surface area contributed by atoms with Gasteiger partial charge in [0.1, 0.15) is 5.82 Å². The number of rotatable bonds is 4. The Kier molecular flexibility index (Phi) is 8.36. The van der Waals surface area contributed by atoms with Gasteiger partial charge in [-0.25, -0.2) is 4.39 Å². The fraction of sp³-hybridized carbons (Fsp3) is 0.429. The van der Waals surface area contributed by atoms with E-state index in [0.29, 0.717) is 0 Å². The Morgan fingerprint density at radius 3 is 2.37 bits per heavy atom. The van der Waals surface area contributed by atoms with Gasteiger partial charge in [-0.3, -0.25) is 4.90 Å². The molecule has 2 aromatic rings. The summed E-state index contributed by atoms with van der Waals surface area (Å²) >= 11 is 0. The van der Waals surface area contributed by atoms with Gasteiger partial charge in [0.05, 0.1) is 12.7 Å². The van der Waals surface area contributed by atoms with Gasteiger partial charge in [0.25, 0.3) is 0 Å². The van der Waals surface area contributed by atoms with Crippen LogP contribution in [0.15, 0.2) is 48.5 Å². The molecular weight excluding hydrogens is 386 g/mol. The molecule has 1 atom stereocenters. The molecule has 0 aliphatic carbocycles. The second-order valence-corrected chi connectivity index (χ2v) is 6.90. The molecule has 0 radical (unpaired) electrons. The molecule has 0 aromatic heterocycles. The zero-order valence-corrected chi connectivity index (χ0v) is 17.0. The van der Waals surface area contributed by atoms with Crippen LogP contribution in [0.2, 0.25) is 0 Å². The fourth-order valence-electron chi connectivity index (χ4n) is 3.90. The van der Waals surface area contributed by atoms with Crippen molar-refractivity contribution in [1.82, 2.24) is 4.90 Å². The minimum Gasteiger partial charge on any atom is -0.373 e. The van der Waals surface area contributed by atoms with Crippen LogP contribution in [0, 0.1) is 5.82 Å². The maximum atomic E-state index is 13.1. The number of fused-ring (bicyclic) bond motifs is 1. The first-order valence-electron chi connectivity index (χ1n) is 9.22. The number of benzene rings is 2. The molecular formula is C21H27Cl2FN2O. The summed E-state index contributed by atoms with van der Waals surface area (Å²) < 4.78 is 19.1. The summed E-state index contributed by atoms with van der Waals surface area (Å²) in [6.07, 6.45) is 2.32. The molecule has 2 aromatic carbocycles. The first kappa shape index (κ1) is 22.0. The van der Waals surface area contributed by atoms with Crippen LogP contribution < -0.4 is 4.90 Å². The summed E-state index contributed by atoms with van der Waals surface area (Å²) in [5, 5.41) is 0. The Balaban J connectivity index is 0.00000131. The maximum absolute atomic E-state index is 13.1. The number of anilines is 1. The van der Waals surface area contributed by atoms with E-state index < -0.39 is 0 Å². The summed E-state index contributed by atoms with van der Waals surface area (Å²) in [4.78, 5) is 4.85. The molecule has 148 valence electrons. The molecule has 0 N–H and O–H groups in total. The highest BCUT2D eigenvalue weighted by atomic mass is 35.5. The molecule has 3 nitrogen and oxygen atoms in total. The number of hydrogen-bond acceptors (Lipinski definition) is 3. The van der Waals surface area contributed by atoms with Crippen molar-refractivity contribution in [3.63, 3.8) is 0 Å². The van der Waals surface area contributed by atoms with Gasteiger partial charge in [-0.2, -0.15) is 0 Å². The van der Waals surface area contributed by atoms with Crippen molar-refractivity contribution in [2.45, 2.75) is 18.9 Å². The molecule has 0 bridgehead atoms. The van der Waals surface area contributed by atoms with Gasteiger partial charge in [0.15, 0.2) is 0 Å². The van der Waals surface area contributed by atoms with E-state index in [1.807, 2.05) is 12.1 Å². The van der Waals surface area contributed by atoms with Crippen molar-refractivity contribution in [2.24, 2.45) is 0 Å². The molecule has 27 heavy (non-hydrogen) atoms. The lowest BCUT2D eigenvalue weighted by atomic mass is 9.95. The van der Waals surface area contributed by atoms with Gasteiger partial charge in [-0.15, -0.1) is 24.8 Å². The molecule has 0 saturated carbocycles. The van der Waals surface area contributed by atoms with Crippen molar-refractivity contribution >= 4 is 30.5 Å². The fourth-order valence-corrected chi connectivity index (χ4v) is 3.90. The minimum atomic E-state index is -0.171. The Hall–Kier alpha value is -1.33. The topological polar surface area (TPSA) is 15.7 Å². The predicted molar refractivity (Wildman–Crippen MR) is 113 cm³/mol. The summed E-state index contributed by atoms with van der Waals surface area (Å²) in [6, 6.07) is 15.5. The van der Waals surface area contributed by atoms with Crippen LogP contribution in [0.1, 0.15) is 23.7 Å². The highest BCUT2D eigenvalue weighted by molar-refractivity contribution is 5.85. The summed E-state index contributed by atoms with van der Waals surface area (Å²) in [7, 11) is 0. The smallest absolute Gasteiger partial charge is 0.123 e. The quantitative estimate of drug-likeness (QED) is 0.735. The van der Waals surface area contributed by atoms with Gasteiger partial charge >= 0.3 is 0 Å². The van der Waals surface area contributed by atoms with E-state index in [0.717, 1.165) is 57.9 Å². The highest BCUT2D eigenvalue weighted by Gasteiger charge is 2.23. The number of piperazine rings is 1. The van der Waals surface area contributed by atoms with Gasteiger partial charge in [0.2, 0.25) is 0 Å². The van der Waals surface area contributed by atoms with Crippen LogP contribution in [-0.4, -0.2) is 44.2 Å². The van der Waals surface area contributed by atoms with Gasteiger partial charge in [-0.05, 0) is 48.2 Å². The maximum Gasteiger partial charge on any atom is 0.123 e. The largest absolute Gasteiger partial charge is 0.373 e. The molecule has 0 amide bonds. The van der Waals surface area contributed by atoms with E-state index in [1.165, 1.54) is 11.1 Å². The lowest BCUT2D eigenvalue weighted by molar-refractivity contribution is 0.0289. The molecule has 1 fully saturated rings. The van der Waals surface area contributed by atoms with Gasteiger partial charge in [0, 0.05) is 38.4 Å². The van der Waals surface area contributed by atoms with E-state index in [2.05, 4.69) is 34.1 Å². The first-order valence-corrected chi connectivity index (χ1v) is 9.22. The highest BCUT2D eigenvalue weighted by Crippen LogP contribution is 2.29. The van der Waals surface area contributed by atoms with Crippen LogP contribution in [0.4, 0.5) is 10.1 Å². The lowest BCUT2D eigenvalue weighted by Crippen LogP contribution is -2.46. The second kappa shape index (κ2) is 10.3. The zero-order chi connectivity index (χ0) is 17.1. The third-order valence-corrected chi connectivity index (χ3v) is 5.36. The Labute approximate surface area is 173 Å². The van der Waals surface area contributed by atoms with Crippen LogP contribution in [0.3, 0.4) is 0 Å². The van der Waals surface area contributed by atoms with Crippen LogP contribution >= 0.6 is 24.8 Å². The third-order valence-electron chi connectivity index (χ3n) is 5.36. The van der Waals surface area contributed by atoms with E-state index in [4.69, 9.17) is 4.74 Å². The van der Waals surface area contributed by atoms with E-state index in [1.54, 1.807) is 12.1 Å². The van der Waals surface area contributed by atoms with Gasteiger partial charge in [-0.1, -0.05) is 24.3 Å². The average Bonchev–Trinajstić information content (AvgIpc) is 2.67. The van der Waals surface area contributed by atoms with Crippen LogP contribution in [0.25, 0.3) is 0 Å². The van der Waals surface area contributed by atoms with Crippen LogP contribution in [-0.2, 0) is 11.2 Å². The minimum absolute atomic E-state index is 0. The van der Waals surface area contributed by atoms with E-state index in [-0.39, 0.29) is 36.7 Å². The molecule has 0 unspecified atom stereocenters. The Morgan fingerprint density at radius 1 is 0.926 bits per heavy atom. The van der Waals surface area contributed by atoms with E-state index >= 15 is 0 Å². The van der Waals surface area contributed by atoms with Crippen molar-refractivity contribution in [1.29, 1.82) is 0 Å². The first-order chi connectivity index (χ1) is 12.3. The van der Waals surface area contributed by atoms with Crippen LogP contribution in [0.5, 0.6) is 0 Å². The molecule has 1 saturated heterocycles. The molecule has 4 rings (SSSR count). The van der Waals surface area contributed by atoms with Crippen molar-refractivity contribution < 1.29 is 9.13 Å². The lowest BCUT2D eigenvalue weighted by Gasteiger charge is -2.37. The molecule has 2 aliphatic heterocycles. The van der Waals surface area contributed by atoms with E-state index in [9.17, 15) is 4.39 Å². The summed E-state index contributed by atoms with van der Waals surface area (Å²) in [6.45, 7) is 5.98. The normalized spacial score (nSPS) is 19.6. The predicted octanol–water partition coefficient (Wildman–Crippen LogP) is 4.50. The second-order valence-electron chi connectivity index (χ2n) is 6.90. The Morgan fingerprint density at radius 2 is 1.63 bits per heavy atom.